The first kappa shape index (κ1) is 12.4. The summed E-state index contributed by atoms with van der Waals surface area (Å²) in [6.45, 7) is 2.06. The molecule has 0 atom stereocenters. The average Bonchev–Trinajstić information content (AvgIpc) is 2.36. The fourth-order valence-corrected chi connectivity index (χ4v) is 1.84. The molecule has 0 unspecified atom stereocenters. The number of nitrogens with one attached hydrogen (secondary N) is 1. The zero-order valence-corrected chi connectivity index (χ0v) is 10.7. The molecule has 0 fully saturated rings. The van der Waals surface area contributed by atoms with E-state index in [1.54, 1.807) is 0 Å². The van der Waals surface area contributed by atoms with Gasteiger partial charge in [-0.25, -0.2) is 0 Å². The SMILES string of the molecule is CNc1ccc(N)c([B]c2cc(N)ccc2C)c1. The minimum Gasteiger partial charge on any atom is -0.399 e. The molecule has 0 spiro atoms. The topological polar surface area (TPSA) is 64.1 Å². The van der Waals surface area contributed by atoms with Gasteiger partial charge < -0.3 is 16.8 Å². The van der Waals surface area contributed by atoms with E-state index in [-0.39, 0.29) is 0 Å². The van der Waals surface area contributed by atoms with Crippen LogP contribution in [0.3, 0.4) is 0 Å². The molecule has 0 aliphatic carbocycles. The smallest absolute Gasteiger partial charge is 0.194 e. The van der Waals surface area contributed by atoms with Gasteiger partial charge in [0.1, 0.15) is 0 Å². The lowest BCUT2D eigenvalue weighted by molar-refractivity contribution is 1.51. The van der Waals surface area contributed by atoms with E-state index in [1.165, 1.54) is 5.56 Å². The van der Waals surface area contributed by atoms with E-state index in [0.29, 0.717) is 0 Å². The van der Waals surface area contributed by atoms with Gasteiger partial charge in [0.15, 0.2) is 7.28 Å². The number of aryl methyl sites for hydroxylation is 1. The van der Waals surface area contributed by atoms with Crippen molar-refractivity contribution >= 4 is 35.3 Å². The molecular formula is C14H17BN3. The van der Waals surface area contributed by atoms with Gasteiger partial charge in [-0.3, -0.25) is 0 Å². The zero-order chi connectivity index (χ0) is 13.1. The Morgan fingerprint density at radius 1 is 1.00 bits per heavy atom. The number of benzene rings is 2. The van der Waals surface area contributed by atoms with E-state index in [2.05, 4.69) is 19.5 Å². The highest BCUT2D eigenvalue weighted by Crippen LogP contribution is 2.08. The van der Waals surface area contributed by atoms with Crippen LogP contribution in [0, 0.1) is 6.92 Å². The van der Waals surface area contributed by atoms with Gasteiger partial charge in [-0.15, -0.1) is 0 Å². The van der Waals surface area contributed by atoms with Gasteiger partial charge >= 0.3 is 0 Å². The molecule has 2 aromatic carbocycles. The molecule has 4 heteroatoms. The molecule has 0 aliphatic heterocycles. The maximum absolute atomic E-state index is 5.99. The van der Waals surface area contributed by atoms with Crippen molar-refractivity contribution in [1.29, 1.82) is 0 Å². The fourth-order valence-electron chi connectivity index (χ4n) is 1.84. The fraction of sp³-hybridized carbons (Fsp3) is 0.143. The van der Waals surface area contributed by atoms with Crippen molar-refractivity contribution in [2.24, 2.45) is 0 Å². The normalized spacial score (nSPS) is 10.1. The largest absolute Gasteiger partial charge is 0.399 e. The van der Waals surface area contributed by atoms with Crippen molar-refractivity contribution in [2.75, 3.05) is 23.8 Å². The quantitative estimate of drug-likeness (QED) is 0.548. The van der Waals surface area contributed by atoms with E-state index in [1.807, 2.05) is 43.4 Å². The van der Waals surface area contributed by atoms with Crippen LogP contribution >= 0.6 is 0 Å². The average molecular weight is 238 g/mol. The maximum Gasteiger partial charge on any atom is 0.194 e. The standard InChI is InChI=1S/C14H17BN3/c1-9-3-4-10(16)7-12(9)15-13-8-11(18-2)5-6-14(13)17/h3-8,18H,16-17H2,1-2H3. The summed E-state index contributed by atoms with van der Waals surface area (Å²) in [5.41, 5.74) is 17.6. The summed E-state index contributed by atoms with van der Waals surface area (Å²) in [5, 5.41) is 3.11. The molecule has 0 heterocycles. The highest BCUT2D eigenvalue weighted by molar-refractivity contribution is 6.69. The van der Waals surface area contributed by atoms with Crippen LogP contribution in [-0.4, -0.2) is 14.3 Å². The van der Waals surface area contributed by atoms with Crippen LogP contribution in [0.25, 0.3) is 0 Å². The molecule has 0 bridgehead atoms. The lowest BCUT2D eigenvalue weighted by Gasteiger charge is -2.10. The van der Waals surface area contributed by atoms with Gasteiger partial charge in [0, 0.05) is 24.1 Å². The molecule has 1 radical (unpaired) electrons. The molecule has 18 heavy (non-hydrogen) atoms. The highest BCUT2D eigenvalue weighted by Gasteiger charge is 2.07. The maximum atomic E-state index is 5.99. The lowest BCUT2D eigenvalue weighted by Crippen LogP contribution is -2.31. The van der Waals surface area contributed by atoms with Gasteiger partial charge in [0.05, 0.1) is 0 Å². The highest BCUT2D eigenvalue weighted by atomic mass is 14.8. The van der Waals surface area contributed by atoms with Crippen LogP contribution in [0.15, 0.2) is 36.4 Å². The molecule has 2 rings (SSSR count). The summed E-state index contributed by atoms with van der Waals surface area (Å²) >= 11 is 0. The summed E-state index contributed by atoms with van der Waals surface area (Å²) in [6, 6.07) is 11.8. The monoisotopic (exact) mass is 238 g/mol. The molecule has 5 N–H and O–H groups in total. The minimum atomic E-state index is 0.759. The molecule has 2 aromatic rings. The van der Waals surface area contributed by atoms with E-state index in [9.17, 15) is 0 Å². The Hall–Kier alpha value is -2.10. The van der Waals surface area contributed by atoms with Crippen molar-refractivity contribution in [1.82, 2.24) is 0 Å². The second-order valence-corrected chi connectivity index (χ2v) is 4.35. The number of nitrogen functional groups attached to an aromatic ring is 2. The first-order valence-corrected chi connectivity index (χ1v) is 5.88. The summed E-state index contributed by atoms with van der Waals surface area (Å²) < 4.78 is 0. The Morgan fingerprint density at radius 2 is 1.78 bits per heavy atom. The van der Waals surface area contributed by atoms with Crippen molar-refractivity contribution in [3.8, 4) is 0 Å². The summed E-state index contributed by atoms with van der Waals surface area (Å²) in [4.78, 5) is 0. The third-order valence-corrected chi connectivity index (χ3v) is 2.99. The minimum absolute atomic E-state index is 0.759. The Morgan fingerprint density at radius 3 is 2.50 bits per heavy atom. The van der Waals surface area contributed by atoms with Gasteiger partial charge in [0.25, 0.3) is 0 Å². The molecule has 3 nitrogen and oxygen atoms in total. The Bertz CT molecular complexity index is 567. The lowest BCUT2D eigenvalue weighted by atomic mass is 9.62. The van der Waals surface area contributed by atoms with Crippen LogP contribution in [0.1, 0.15) is 5.56 Å². The van der Waals surface area contributed by atoms with Crippen LogP contribution < -0.4 is 27.7 Å². The summed E-state index contributed by atoms with van der Waals surface area (Å²) in [5.74, 6) is 0. The Kier molecular flexibility index (Phi) is 3.46. The van der Waals surface area contributed by atoms with Crippen LogP contribution in [0.2, 0.25) is 0 Å². The second-order valence-electron chi connectivity index (χ2n) is 4.35. The van der Waals surface area contributed by atoms with E-state index < -0.39 is 0 Å². The third-order valence-electron chi connectivity index (χ3n) is 2.99. The van der Waals surface area contributed by atoms with Gasteiger partial charge in [0.2, 0.25) is 0 Å². The molecule has 0 saturated carbocycles. The van der Waals surface area contributed by atoms with Crippen LogP contribution in [0.5, 0.6) is 0 Å². The summed E-state index contributed by atoms with van der Waals surface area (Å²) in [6.07, 6.45) is 0. The second kappa shape index (κ2) is 5.04. The zero-order valence-electron chi connectivity index (χ0n) is 10.7. The molecule has 0 aliphatic rings. The van der Waals surface area contributed by atoms with Gasteiger partial charge in [-0.2, -0.15) is 0 Å². The summed E-state index contributed by atoms with van der Waals surface area (Å²) in [7, 11) is 3.95. The molecule has 0 saturated heterocycles. The predicted octanol–water partition coefficient (Wildman–Crippen LogP) is 0.856. The molecule has 0 amide bonds. The van der Waals surface area contributed by atoms with Gasteiger partial charge in [-0.05, 0) is 37.3 Å². The van der Waals surface area contributed by atoms with Crippen molar-refractivity contribution in [2.45, 2.75) is 6.92 Å². The number of hydrogen-bond acceptors (Lipinski definition) is 3. The Labute approximate surface area is 108 Å². The van der Waals surface area contributed by atoms with Crippen molar-refractivity contribution in [3.63, 3.8) is 0 Å². The van der Waals surface area contributed by atoms with E-state index in [4.69, 9.17) is 11.5 Å². The number of rotatable bonds is 3. The van der Waals surface area contributed by atoms with Crippen molar-refractivity contribution in [3.05, 3.63) is 42.0 Å². The van der Waals surface area contributed by atoms with Crippen LogP contribution in [-0.2, 0) is 0 Å². The number of anilines is 3. The van der Waals surface area contributed by atoms with Crippen molar-refractivity contribution < 1.29 is 0 Å². The third kappa shape index (κ3) is 2.59. The molecule has 91 valence electrons. The number of nitrogens with two attached hydrogens (primary N) is 2. The Balaban J connectivity index is 2.36. The van der Waals surface area contributed by atoms with Gasteiger partial charge in [-0.1, -0.05) is 22.6 Å². The van der Waals surface area contributed by atoms with E-state index in [0.717, 1.165) is 28.0 Å². The molecule has 0 aromatic heterocycles. The van der Waals surface area contributed by atoms with Crippen LogP contribution in [0.4, 0.5) is 17.1 Å². The first-order chi connectivity index (χ1) is 8.60. The predicted molar refractivity (Wildman–Crippen MR) is 81.0 cm³/mol. The number of hydrogen-bond donors (Lipinski definition) is 3. The first-order valence-electron chi connectivity index (χ1n) is 5.88. The molecular weight excluding hydrogens is 221 g/mol. The van der Waals surface area contributed by atoms with E-state index >= 15 is 0 Å².